The molecular weight excluding hydrogens is 945 g/mol. The van der Waals surface area contributed by atoms with Gasteiger partial charge in [-0.25, -0.2) is 4.98 Å². The van der Waals surface area contributed by atoms with Crippen LogP contribution in [0.4, 0.5) is 11.6 Å². The minimum Gasteiger partial charge on any atom is -0.497 e. The maximum Gasteiger partial charge on any atom is 0.280 e. The smallest absolute Gasteiger partial charge is 0.280 e. The molecule has 3 heterocycles. The fourth-order valence-electron chi connectivity index (χ4n) is 9.34. The zero-order chi connectivity index (χ0) is 52.4. The number of nitro benzene ring substituents is 1. The van der Waals surface area contributed by atoms with Crippen molar-refractivity contribution in [3.05, 3.63) is 176 Å². The van der Waals surface area contributed by atoms with Gasteiger partial charge in [-0.2, -0.15) is 15.2 Å². The Labute approximate surface area is 429 Å². The number of aromatic nitrogens is 4. The van der Waals surface area contributed by atoms with Gasteiger partial charge in [-0.1, -0.05) is 97.1 Å². The van der Waals surface area contributed by atoms with Crippen LogP contribution in [-0.4, -0.2) is 94.1 Å². The predicted molar refractivity (Wildman–Crippen MR) is 277 cm³/mol. The lowest BCUT2D eigenvalue weighted by Gasteiger charge is -2.40. The molecule has 2 aromatic heterocycles. The molecule has 7 aromatic rings. The number of nitrogens with zero attached hydrogens (tertiary/aromatic N) is 7. The Hall–Kier alpha value is -7.79. The fourth-order valence-corrected chi connectivity index (χ4v) is 9.34. The van der Waals surface area contributed by atoms with Crippen molar-refractivity contribution in [2.24, 2.45) is 0 Å². The number of anilines is 1. The minimum atomic E-state index is -1.25. The molecule has 384 valence electrons. The highest BCUT2D eigenvalue weighted by Gasteiger charge is 2.45. The van der Waals surface area contributed by atoms with Crippen molar-refractivity contribution < 1.29 is 38.1 Å². The summed E-state index contributed by atoms with van der Waals surface area (Å²) in [5.74, 6) is 1.16. The van der Waals surface area contributed by atoms with Crippen LogP contribution in [0.25, 0.3) is 22.4 Å². The molecular formula is C56H60N8O10. The molecule has 2 N–H and O–H groups in total. The largest absolute Gasteiger partial charge is 0.497 e. The van der Waals surface area contributed by atoms with Crippen LogP contribution in [0.2, 0.25) is 0 Å². The number of nitrogen functional groups attached to an aromatic ring is 1. The van der Waals surface area contributed by atoms with E-state index in [1.54, 1.807) is 38.5 Å². The molecule has 0 spiro atoms. The second kappa shape index (κ2) is 23.8. The number of methoxy groups -OCH3 is 2. The molecule has 0 aliphatic carbocycles. The summed E-state index contributed by atoms with van der Waals surface area (Å²) in [6, 6.07) is 42.5. The van der Waals surface area contributed by atoms with Gasteiger partial charge in [0.05, 0.1) is 57.6 Å². The van der Waals surface area contributed by atoms with E-state index >= 15 is 4.79 Å². The van der Waals surface area contributed by atoms with Gasteiger partial charge in [-0.3, -0.25) is 24.4 Å². The van der Waals surface area contributed by atoms with Crippen LogP contribution in [0.5, 0.6) is 17.4 Å². The number of nitro groups is 1. The first-order valence-corrected chi connectivity index (χ1v) is 24.4. The normalized spacial score (nSPS) is 16.1. The van der Waals surface area contributed by atoms with Crippen LogP contribution in [0, 0.1) is 21.4 Å². The SMILES string of the molecule is COc1ccc(C(OC[C@H]2O[C@@H](n3c(=O)c(-c4ccccc4)nc4c(OCCc5ccc([N+](=O)[O-])cc5)nc(N)nc43)C[C@@H]2OC(OCCC#N)N(C(C)C)C(C)C)(c2ccccc2)c2ccc(OC)cc2)cc1. The van der Waals surface area contributed by atoms with Crippen molar-refractivity contribution in [2.75, 3.05) is 39.8 Å². The summed E-state index contributed by atoms with van der Waals surface area (Å²) >= 11 is 0. The highest BCUT2D eigenvalue weighted by atomic mass is 16.7. The van der Waals surface area contributed by atoms with E-state index in [1.165, 1.54) is 16.7 Å². The molecule has 1 unspecified atom stereocenters. The van der Waals surface area contributed by atoms with Crippen LogP contribution in [0.15, 0.2) is 138 Å². The van der Waals surface area contributed by atoms with Gasteiger partial charge in [-0.05, 0) is 74.2 Å². The number of hydrogen-bond donors (Lipinski definition) is 1. The Morgan fingerprint density at radius 3 is 1.99 bits per heavy atom. The average molecular weight is 1010 g/mol. The molecule has 1 fully saturated rings. The van der Waals surface area contributed by atoms with Crippen LogP contribution in [0.1, 0.15) is 69.0 Å². The third-order valence-electron chi connectivity index (χ3n) is 12.9. The summed E-state index contributed by atoms with van der Waals surface area (Å²) in [6.07, 6.45) is -3.11. The number of non-ortho nitro benzene ring substituents is 1. The number of benzene rings is 5. The van der Waals surface area contributed by atoms with Gasteiger partial charge in [0, 0.05) is 42.6 Å². The summed E-state index contributed by atoms with van der Waals surface area (Å²) in [5.41, 5.74) is 8.63. The minimum absolute atomic E-state index is 0.0214. The molecule has 5 aromatic carbocycles. The standard InChI is InChI=1S/C56H60N8O10/c1-36(2)62(37(3)4)55(71-32-13-31-57)74-46-34-48(73-47(46)35-72-56(40-16-11-8-12-17-40,41-20-26-44(68-5)27-21-41)42-22-28-45(69-6)29-23-42)63-51-50(59-49(53(63)65)39-14-9-7-10-15-39)52(61-54(58)60-51)70-33-30-38-18-24-43(25-19-38)64(66)67/h7-12,14-29,36-37,46-48,55H,13,30,32-35H2,1-6H3,(H2,58,60,61)/t46-,47+,48+,55?/m0/s1. The van der Waals surface area contributed by atoms with Crippen LogP contribution >= 0.6 is 0 Å². The van der Waals surface area contributed by atoms with Crippen molar-refractivity contribution in [3.8, 4) is 34.7 Å². The monoisotopic (exact) mass is 1000 g/mol. The Balaban J connectivity index is 1.26. The van der Waals surface area contributed by atoms with Crippen molar-refractivity contribution in [2.45, 2.75) is 89.5 Å². The lowest BCUT2D eigenvalue weighted by atomic mass is 9.80. The van der Waals surface area contributed by atoms with Crippen molar-refractivity contribution in [3.63, 3.8) is 0 Å². The van der Waals surface area contributed by atoms with E-state index in [9.17, 15) is 15.4 Å². The van der Waals surface area contributed by atoms with Gasteiger partial charge >= 0.3 is 0 Å². The first-order chi connectivity index (χ1) is 35.8. The van der Waals surface area contributed by atoms with Crippen LogP contribution < -0.4 is 25.5 Å². The van der Waals surface area contributed by atoms with Gasteiger partial charge in [0.1, 0.15) is 35.1 Å². The zero-order valence-electron chi connectivity index (χ0n) is 42.2. The van der Waals surface area contributed by atoms with E-state index in [0.717, 1.165) is 22.3 Å². The fraction of sp³-hybridized carbons (Fsp3) is 0.339. The van der Waals surface area contributed by atoms with E-state index in [-0.39, 0.29) is 79.1 Å². The first-order valence-electron chi connectivity index (χ1n) is 24.4. The topological polar surface area (TPSA) is 221 Å². The summed E-state index contributed by atoms with van der Waals surface area (Å²) in [7, 11) is 3.23. The van der Waals surface area contributed by atoms with Crippen molar-refractivity contribution in [1.29, 1.82) is 5.26 Å². The van der Waals surface area contributed by atoms with E-state index in [0.29, 0.717) is 23.5 Å². The number of hydrogen-bond acceptors (Lipinski definition) is 16. The Morgan fingerprint density at radius 1 is 0.824 bits per heavy atom. The number of fused-ring (bicyclic) bond motifs is 1. The van der Waals surface area contributed by atoms with Gasteiger partial charge in [-0.15, -0.1) is 0 Å². The second-order valence-corrected chi connectivity index (χ2v) is 18.2. The lowest BCUT2D eigenvalue weighted by molar-refractivity contribution is -0.384. The predicted octanol–water partition coefficient (Wildman–Crippen LogP) is 9.00. The van der Waals surface area contributed by atoms with E-state index in [1.807, 2.05) is 125 Å². The number of nitriles is 1. The zero-order valence-corrected chi connectivity index (χ0v) is 42.2. The maximum absolute atomic E-state index is 15.2. The quantitative estimate of drug-likeness (QED) is 0.0208. The summed E-state index contributed by atoms with van der Waals surface area (Å²) < 4.78 is 46.9. The van der Waals surface area contributed by atoms with Crippen LogP contribution in [0.3, 0.4) is 0 Å². The van der Waals surface area contributed by atoms with E-state index < -0.39 is 40.9 Å². The Bertz CT molecular complexity index is 3030. The second-order valence-electron chi connectivity index (χ2n) is 18.2. The summed E-state index contributed by atoms with van der Waals surface area (Å²) in [6.45, 7) is 8.26. The van der Waals surface area contributed by atoms with E-state index in [4.69, 9.17) is 43.9 Å². The van der Waals surface area contributed by atoms with Gasteiger partial charge in [0.25, 0.3) is 11.2 Å². The Morgan fingerprint density at radius 2 is 1.42 bits per heavy atom. The number of ether oxygens (including phenoxy) is 7. The molecule has 0 amide bonds. The highest BCUT2D eigenvalue weighted by molar-refractivity contribution is 5.80. The van der Waals surface area contributed by atoms with E-state index in [2.05, 4.69) is 20.9 Å². The number of nitrogens with two attached hydrogens (primary N) is 1. The van der Waals surface area contributed by atoms with Gasteiger partial charge in [0.15, 0.2) is 11.2 Å². The van der Waals surface area contributed by atoms with Crippen molar-refractivity contribution >= 4 is 22.8 Å². The molecule has 1 aliphatic rings. The molecule has 1 aliphatic heterocycles. The molecule has 4 atom stereocenters. The third-order valence-corrected chi connectivity index (χ3v) is 12.9. The molecule has 0 bridgehead atoms. The lowest BCUT2D eigenvalue weighted by Crippen LogP contribution is -2.50. The Kier molecular flexibility index (Phi) is 16.9. The highest BCUT2D eigenvalue weighted by Crippen LogP contribution is 2.44. The molecule has 18 heteroatoms. The molecule has 1 saturated heterocycles. The summed E-state index contributed by atoms with van der Waals surface area (Å²) in [4.78, 5) is 42.1. The van der Waals surface area contributed by atoms with Gasteiger partial charge < -0.3 is 38.9 Å². The first kappa shape index (κ1) is 52.5. The van der Waals surface area contributed by atoms with Crippen molar-refractivity contribution in [1.82, 2.24) is 24.4 Å². The van der Waals surface area contributed by atoms with Crippen LogP contribution in [-0.2, 0) is 31.0 Å². The average Bonchev–Trinajstić information content (AvgIpc) is 3.81. The molecule has 18 nitrogen and oxygen atoms in total. The summed E-state index contributed by atoms with van der Waals surface area (Å²) in [5, 5.41) is 20.9. The molecule has 0 saturated carbocycles. The van der Waals surface area contributed by atoms with Gasteiger partial charge in [0.2, 0.25) is 18.2 Å². The molecule has 8 rings (SSSR count). The molecule has 74 heavy (non-hydrogen) atoms. The molecule has 0 radical (unpaired) electrons. The number of rotatable bonds is 23. The third kappa shape index (κ3) is 11.5. The maximum atomic E-state index is 15.2.